The van der Waals surface area contributed by atoms with Gasteiger partial charge in [0.15, 0.2) is 0 Å². The second kappa shape index (κ2) is 7.70. The van der Waals surface area contributed by atoms with Crippen LogP contribution in [0.3, 0.4) is 0 Å². The second-order valence-corrected chi connectivity index (χ2v) is 4.52. The van der Waals surface area contributed by atoms with Gasteiger partial charge < -0.3 is 16.2 Å². The molecule has 0 aliphatic carbocycles. The van der Waals surface area contributed by atoms with Gasteiger partial charge in [-0.2, -0.15) is 0 Å². The van der Waals surface area contributed by atoms with Gasteiger partial charge in [0.1, 0.15) is 17.3 Å². The maximum Gasteiger partial charge on any atom is 0.231 e. The molecular formula is C13H19N3O2S. The molecule has 0 unspecified atom stereocenters. The highest BCUT2D eigenvalue weighted by Gasteiger charge is 2.06. The summed E-state index contributed by atoms with van der Waals surface area (Å²) in [4.78, 5) is 13.1. The van der Waals surface area contributed by atoms with E-state index in [4.69, 9.17) is 28.4 Å². The smallest absolute Gasteiger partial charge is 0.231 e. The van der Waals surface area contributed by atoms with E-state index in [1.165, 1.54) is 0 Å². The molecule has 1 aromatic rings. The van der Waals surface area contributed by atoms with E-state index in [2.05, 4.69) is 0 Å². The average Bonchev–Trinajstić information content (AvgIpc) is 2.37. The zero-order valence-corrected chi connectivity index (χ0v) is 11.8. The largest absolute Gasteiger partial charge is 0.492 e. The fourth-order valence-electron chi connectivity index (χ4n) is 1.60. The summed E-state index contributed by atoms with van der Waals surface area (Å²) in [6, 6.07) is 7.31. The molecule has 0 aliphatic heterocycles. The molecule has 0 saturated carbocycles. The number of nitrogens with zero attached hydrogens (tertiary/aromatic N) is 1. The molecule has 5 nitrogen and oxygen atoms in total. The van der Waals surface area contributed by atoms with Gasteiger partial charge in [0, 0.05) is 12.1 Å². The van der Waals surface area contributed by atoms with Gasteiger partial charge >= 0.3 is 0 Å². The van der Waals surface area contributed by atoms with E-state index in [-0.39, 0.29) is 12.5 Å². The number of hydrogen-bond acceptors (Lipinski definition) is 4. The minimum absolute atomic E-state index is 0.243. The molecule has 0 aromatic heterocycles. The van der Waals surface area contributed by atoms with Gasteiger partial charge in [0.2, 0.25) is 5.91 Å². The van der Waals surface area contributed by atoms with Crippen molar-refractivity contribution in [1.29, 1.82) is 0 Å². The second-order valence-electron chi connectivity index (χ2n) is 4.08. The molecule has 0 aliphatic rings. The van der Waals surface area contributed by atoms with Crippen molar-refractivity contribution in [2.45, 2.75) is 6.92 Å². The Kier molecular flexibility index (Phi) is 6.24. The summed E-state index contributed by atoms with van der Waals surface area (Å²) in [5.74, 6) is 0.373. The first-order valence-corrected chi connectivity index (χ1v) is 6.47. The topological polar surface area (TPSA) is 81.6 Å². The predicted molar refractivity (Wildman–Crippen MR) is 79.1 cm³/mol. The molecule has 4 N–H and O–H groups in total. The van der Waals surface area contributed by atoms with Gasteiger partial charge in [0.25, 0.3) is 0 Å². The van der Waals surface area contributed by atoms with Gasteiger partial charge in [-0.05, 0) is 18.7 Å². The van der Waals surface area contributed by atoms with Crippen molar-refractivity contribution in [3.05, 3.63) is 29.8 Å². The van der Waals surface area contributed by atoms with E-state index in [9.17, 15) is 4.79 Å². The number of carbonyl (C=O) groups is 1. The van der Waals surface area contributed by atoms with E-state index < -0.39 is 0 Å². The van der Waals surface area contributed by atoms with Crippen molar-refractivity contribution in [3.63, 3.8) is 0 Å². The number of rotatable bonds is 8. The van der Waals surface area contributed by atoms with Crippen LogP contribution >= 0.6 is 12.2 Å². The van der Waals surface area contributed by atoms with Gasteiger partial charge in [-0.3, -0.25) is 9.69 Å². The molecule has 19 heavy (non-hydrogen) atoms. The van der Waals surface area contributed by atoms with E-state index in [0.29, 0.717) is 23.9 Å². The highest BCUT2D eigenvalue weighted by atomic mass is 32.1. The molecule has 0 fully saturated rings. The maximum atomic E-state index is 10.8. The highest BCUT2D eigenvalue weighted by molar-refractivity contribution is 7.80. The van der Waals surface area contributed by atoms with Crippen molar-refractivity contribution in [2.24, 2.45) is 11.5 Å². The van der Waals surface area contributed by atoms with Crippen molar-refractivity contribution >= 4 is 23.1 Å². The molecule has 0 radical (unpaired) electrons. The minimum atomic E-state index is -0.336. The Morgan fingerprint density at radius 2 is 2.16 bits per heavy atom. The number of primary amides is 1. The fraction of sp³-hybridized carbons (Fsp3) is 0.385. The number of ether oxygens (including phenoxy) is 1. The molecular weight excluding hydrogens is 262 g/mol. The summed E-state index contributed by atoms with van der Waals surface area (Å²) < 4.78 is 5.60. The lowest BCUT2D eigenvalue weighted by Gasteiger charge is -2.18. The van der Waals surface area contributed by atoms with Gasteiger partial charge in [0.05, 0.1) is 6.54 Å². The van der Waals surface area contributed by atoms with Crippen molar-refractivity contribution < 1.29 is 9.53 Å². The Morgan fingerprint density at radius 3 is 2.74 bits per heavy atom. The van der Waals surface area contributed by atoms with Crippen molar-refractivity contribution in [3.8, 4) is 5.75 Å². The molecule has 0 heterocycles. The zero-order valence-electron chi connectivity index (χ0n) is 11.0. The summed E-state index contributed by atoms with van der Waals surface area (Å²) in [6.07, 6.45) is 0. The number of nitrogens with two attached hydrogens (primary N) is 2. The van der Waals surface area contributed by atoms with Crippen molar-refractivity contribution in [2.75, 3.05) is 26.2 Å². The van der Waals surface area contributed by atoms with E-state index in [0.717, 1.165) is 12.1 Å². The number of thiocarbonyl (C=S) groups is 1. The quantitative estimate of drug-likeness (QED) is 0.678. The van der Waals surface area contributed by atoms with E-state index in [1.54, 1.807) is 6.07 Å². The summed E-state index contributed by atoms with van der Waals surface area (Å²) >= 11 is 4.90. The standard InChI is InChI=1S/C13H19N3O2S/c1-2-16(9-12(14)17)6-7-18-11-5-3-4-10(8-11)13(15)19/h3-5,8H,2,6-7,9H2,1H3,(H2,14,17)(H2,15,19). The summed E-state index contributed by atoms with van der Waals surface area (Å²) in [5, 5.41) is 0. The van der Waals surface area contributed by atoms with Crippen molar-refractivity contribution in [1.82, 2.24) is 4.90 Å². The van der Waals surface area contributed by atoms with E-state index in [1.807, 2.05) is 30.0 Å². The van der Waals surface area contributed by atoms with Crippen LogP contribution in [-0.4, -0.2) is 42.0 Å². The molecule has 1 amide bonds. The SMILES string of the molecule is CCN(CCOc1cccc(C(N)=S)c1)CC(N)=O. The normalized spacial score (nSPS) is 10.4. The Hall–Kier alpha value is -1.66. The third kappa shape index (κ3) is 5.67. The number of likely N-dealkylation sites (N-methyl/N-ethyl adjacent to an activating group) is 1. The van der Waals surface area contributed by atoms with Crippen LogP contribution in [0.15, 0.2) is 24.3 Å². The lowest BCUT2D eigenvalue weighted by molar-refractivity contribution is -0.119. The Morgan fingerprint density at radius 1 is 1.42 bits per heavy atom. The third-order valence-corrected chi connectivity index (χ3v) is 2.86. The van der Waals surface area contributed by atoms with Gasteiger partial charge in [-0.25, -0.2) is 0 Å². The number of hydrogen-bond donors (Lipinski definition) is 2. The molecule has 0 bridgehead atoms. The first kappa shape index (κ1) is 15.4. The van der Waals surface area contributed by atoms with Gasteiger partial charge in [-0.15, -0.1) is 0 Å². The molecule has 0 spiro atoms. The predicted octanol–water partition coefficient (Wildman–Crippen LogP) is 0.507. The zero-order chi connectivity index (χ0) is 14.3. The van der Waals surface area contributed by atoms with Crippen LogP contribution < -0.4 is 16.2 Å². The number of amides is 1. The summed E-state index contributed by atoms with van der Waals surface area (Å²) in [5.41, 5.74) is 11.5. The van der Waals surface area contributed by atoms with Crippen LogP contribution in [0.2, 0.25) is 0 Å². The Bertz CT molecular complexity index is 451. The van der Waals surface area contributed by atoms with Crippen LogP contribution in [-0.2, 0) is 4.79 Å². The molecule has 104 valence electrons. The van der Waals surface area contributed by atoms with Crippen LogP contribution in [0.25, 0.3) is 0 Å². The summed E-state index contributed by atoms with van der Waals surface area (Å²) in [6.45, 7) is 4.07. The van der Waals surface area contributed by atoms with Crippen LogP contribution in [0.4, 0.5) is 0 Å². The summed E-state index contributed by atoms with van der Waals surface area (Å²) in [7, 11) is 0. The third-order valence-electron chi connectivity index (χ3n) is 2.62. The first-order valence-electron chi connectivity index (χ1n) is 6.06. The lowest BCUT2D eigenvalue weighted by atomic mass is 10.2. The molecule has 0 atom stereocenters. The number of benzene rings is 1. The monoisotopic (exact) mass is 281 g/mol. The van der Waals surface area contributed by atoms with Crippen LogP contribution in [0.5, 0.6) is 5.75 Å². The Labute approximate surface area is 118 Å². The molecule has 1 aromatic carbocycles. The molecule has 1 rings (SSSR count). The van der Waals surface area contributed by atoms with Gasteiger partial charge in [-0.1, -0.05) is 31.3 Å². The number of carbonyl (C=O) groups excluding carboxylic acids is 1. The highest BCUT2D eigenvalue weighted by Crippen LogP contribution is 2.13. The van der Waals surface area contributed by atoms with Crippen LogP contribution in [0.1, 0.15) is 12.5 Å². The first-order chi connectivity index (χ1) is 9.02. The van der Waals surface area contributed by atoms with Crippen LogP contribution in [0, 0.1) is 0 Å². The van der Waals surface area contributed by atoms with E-state index >= 15 is 0 Å². The lowest BCUT2D eigenvalue weighted by Crippen LogP contribution is -2.36. The average molecular weight is 281 g/mol. The molecule has 6 heteroatoms. The maximum absolute atomic E-state index is 10.8. The minimum Gasteiger partial charge on any atom is -0.492 e. The molecule has 0 saturated heterocycles. The Balaban J connectivity index is 2.46. The fourth-order valence-corrected chi connectivity index (χ4v) is 1.73.